The predicted molar refractivity (Wildman–Crippen MR) is 78.8 cm³/mol. The highest BCUT2D eigenvalue weighted by Gasteiger charge is 2.28. The maximum Gasteiger partial charge on any atom is 0.331 e. The minimum Gasteiger partial charge on any atom is -0.309 e. The predicted octanol–water partition coefficient (Wildman–Crippen LogP) is 4.61. The zero-order valence-electron chi connectivity index (χ0n) is 12.0. The van der Waals surface area contributed by atoms with Gasteiger partial charge in [0.2, 0.25) is 0 Å². The molecular formula is C13H20N3O3P. The quantitative estimate of drug-likeness (QED) is 0.304. The molecule has 0 spiro atoms. The largest absolute Gasteiger partial charge is 0.331 e. The smallest absolute Gasteiger partial charge is 0.309 e. The van der Waals surface area contributed by atoms with Gasteiger partial charge < -0.3 is 9.05 Å². The molecule has 0 N–H and O–H groups in total. The molecule has 0 aromatic heterocycles. The molecule has 0 bridgehead atoms. The molecule has 1 unspecified atom stereocenters. The lowest BCUT2D eigenvalue weighted by Crippen LogP contribution is -2.07. The molecule has 0 saturated heterocycles. The zero-order chi connectivity index (χ0) is 15.0. The molecule has 0 aliphatic rings. The molecule has 1 aromatic rings. The number of benzene rings is 1. The Labute approximate surface area is 119 Å². The molecule has 20 heavy (non-hydrogen) atoms. The summed E-state index contributed by atoms with van der Waals surface area (Å²) in [5.41, 5.74) is 10.6. The van der Waals surface area contributed by atoms with E-state index in [1.165, 1.54) is 0 Å². The summed E-state index contributed by atoms with van der Waals surface area (Å²) in [6, 6.07) is 7.00. The number of nitrogens with zero attached hydrogens (tertiary/aromatic N) is 3. The summed E-state index contributed by atoms with van der Waals surface area (Å²) in [6.45, 7) is 6.02. The van der Waals surface area contributed by atoms with Crippen LogP contribution in [0.1, 0.15) is 31.0 Å². The van der Waals surface area contributed by atoms with Crippen LogP contribution < -0.4 is 0 Å². The Morgan fingerprint density at radius 2 is 2.00 bits per heavy atom. The number of aryl methyl sites for hydroxylation is 1. The SMILES string of the molecule is CCOP(=O)(CC(N=[N+]=[N-])c1cccc(C)c1)OCC. The van der Waals surface area contributed by atoms with Gasteiger partial charge >= 0.3 is 7.60 Å². The van der Waals surface area contributed by atoms with Crippen LogP contribution in [0.25, 0.3) is 10.4 Å². The van der Waals surface area contributed by atoms with E-state index in [1.54, 1.807) is 13.8 Å². The van der Waals surface area contributed by atoms with Crippen LogP contribution in [0, 0.1) is 6.92 Å². The maximum absolute atomic E-state index is 12.5. The molecule has 0 fully saturated rings. The lowest BCUT2D eigenvalue weighted by molar-refractivity contribution is 0.218. The first-order valence-electron chi connectivity index (χ1n) is 6.53. The summed E-state index contributed by atoms with van der Waals surface area (Å²) < 4.78 is 23.0. The van der Waals surface area contributed by atoms with Gasteiger partial charge in [-0.25, -0.2) is 0 Å². The van der Waals surface area contributed by atoms with Crippen LogP contribution in [0.2, 0.25) is 0 Å². The van der Waals surface area contributed by atoms with Crippen molar-refractivity contribution in [3.05, 3.63) is 45.8 Å². The second kappa shape index (κ2) is 8.08. The molecule has 0 radical (unpaired) electrons. The van der Waals surface area contributed by atoms with Gasteiger partial charge in [-0.15, -0.1) is 0 Å². The van der Waals surface area contributed by atoms with Gasteiger partial charge in [-0.05, 0) is 31.9 Å². The van der Waals surface area contributed by atoms with E-state index >= 15 is 0 Å². The van der Waals surface area contributed by atoms with E-state index in [9.17, 15) is 4.57 Å². The third kappa shape index (κ3) is 4.99. The third-order valence-corrected chi connectivity index (χ3v) is 4.76. The van der Waals surface area contributed by atoms with Crippen molar-refractivity contribution in [1.29, 1.82) is 0 Å². The molecule has 7 heteroatoms. The molecule has 0 heterocycles. The van der Waals surface area contributed by atoms with Gasteiger partial charge in [-0.1, -0.05) is 34.9 Å². The van der Waals surface area contributed by atoms with Crippen molar-refractivity contribution in [2.24, 2.45) is 5.11 Å². The lowest BCUT2D eigenvalue weighted by Gasteiger charge is -2.20. The molecule has 1 atom stereocenters. The standard InChI is InChI=1S/C13H20N3O3P/c1-4-18-20(17,19-5-2)10-13(15-16-14)12-8-6-7-11(3)9-12/h6-9,13H,4-5,10H2,1-3H3. The first kappa shape index (κ1) is 16.7. The molecule has 0 aliphatic carbocycles. The first-order chi connectivity index (χ1) is 9.54. The van der Waals surface area contributed by atoms with E-state index < -0.39 is 13.6 Å². The van der Waals surface area contributed by atoms with Gasteiger partial charge in [-0.3, -0.25) is 4.57 Å². The summed E-state index contributed by atoms with van der Waals surface area (Å²) in [6.07, 6.45) is 0.0438. The number of azide groups is 1. The van der Waals surface area contributed by atoms with Crippen LogP contribution in [0.3, 0.4) is 0 Å². The normalized spacial score (nSPS) is 12.8. The highest BCUT2D eigenvalue weighted by atomic mass is 31.2. The number of hydrogen-bond acceptors (Lipinski definition) is 4. The van der Waals surface area contributed by atoms with E-state index in [1.807, 2.05) is 31.2 Å². The molecule has 110 valence electrons. The Kier molecular flexibility index (Phi) is 6.76. The summed E-state index contributed by atoms with van der Waals surface area (Å²) in [5.74, 6) is 0. The van der Waals surface area contributed by atoms with Gasteiger partial charge in [0, 0.05) is 4.91 Å². The fourth-order valence-corrected chi connectivity index (χ4v) is 3.68. The van der Waals surface area contributed by atoms with Gasteiger partial charge in [0.05, 0.1) is 25.4 Å². The summed E-state index contributed by atoms with van der Waals surface area (Å²) in [7, 11) is -3.25. The van der Waals surface area contributed by atoms with Crippen molar-refractivity contribution in [2.45, 2.75) is 26.8 Å². The fourth-order valence-electron chi connectivity index (χ4n) is 1.90. The van der Waals surface area contributed by atoms with E-state index in [0.29, 0.717) is 0 Å². The highest BCUT2D eigenvalue weighted by molar-refractivity contribution is 7.53. The minimum atomic E-state index is -3.25. The molecule has 1 aromatic carbocycles. The van der Waals surface area contributed by atoms with Gasteiger partial charge in [0.15, 0.2) is 0 Å². The Bertz CT molecular complexity index is 519. The summed E-state index contributed by atoms with van der Waals surface area (Å²) in [5, 5.41) is 3.73. The average Bonchev–Trinajstić information content (AvgIpc) is 2.38. The molecular weight excluding hydrogens is 277 g/mol. The van der Waals surface area contributed by atoms with Crippen molar-refractivity contribution in [3.63, 3.8) is 0 Å². The maximum atomic E-state index is 12.5. The second-order valence-electron chi connectivity index (χ2n) is 4.26. The van der Waals surface area contributed by atoms with E-state index in [4.69, 9.17) is 14.6 Å². The van der Waals surface area contributed by atoms with Crippen molar-refractivity contribution < 1.29 is 13.6 Å². The van der Waals surface area contributed by atoms with Crippen LogP contribution in [-0.4, -0.2) is 19.4 Å². The lowest BCUT2D eigenvalue weighted by atomic mass is 10.1. The summed E-state index contributed by atoms with van der Waals surface area (Å²) in [4.78, 5) is 2.84. The topological polar surface area (TPSA) is 84.3 Å². The number of hydrogen-bond donors (Lipinski definition) is 0. The van der Waals surface area contributed by atoms with Crippen molar-refractivity contribution in [1.82, 2.24) is 0 Å². The Morgan fingerprint density at radius 3 is 2.50 bits per heavy atom. The molecule has 0 aliphatic heterocycles. The van der Waals surface area contributed by atoms with Crippen LogP contribution in [0.4, 0.5) is 0 Å². The van der Waals surface area contributed by atoms with Crippen LogP contribution in [0.5, 0.6) is 0 Å². The molecule has 0 amide bonds. The van der Waals surface area contributed by atoms with Gasteiger partial charge in [-0.2, -0.15) is 0 Å². The third-order valence-electron chi connectivity index (χ3n) is 2.67. The minimum absolute atomic E-state index is 0.0438. The van der Waals surface area contributed by atoms with E-state index in [2.05, 4.69) is 10.0 Å². The van der Waals surface area contributed by atoms with Crippen molar-refractivity contribution >= 4 is 7.60 Å². The van der Waals surface area contributed by atoms with E-state index in [-0.39, 0.29) is 19.4 Å². The van der Waals surface area contributed by atoms with Gasteiger partial charge in [0.1, 0.15) is 0 Å². The molecule has 0 saturated carbocycles. The Morgan fingerprint density at radius 1 is 1.35 bits per heavy atom. The first-order valence-corrected chi connectivity index (χ1v) is 8.26. The van der Waals surface area contributed by atoms with Crippen molar-refractivity contribution in [3.8, 4) is 0 Å². The monoisotopic (exact) mass is 297 g/mol. The average molecular weight is 297 g/mol. The number of rotatable bonds is 8. The molecule has 1 rings (SSSR count). The summed E-state index contributed by atoms with van der Waals surface area (Å²) >= 11 is 0. The van der Waals surface area contributed by atoms with Crippen molar-refractivity contribution in [2.75, 3.05) is 19.4 Å². The Hall–Kier alpha value is -1.32. The second-order valence-corrected chi connectivity index (χ2v) is 6.37. The van der Waals surface area contributed by atoms with Crippen LogP contribution in [-0.2, 0) is 13.6 Å². The van der Waals surface area contributed by atoms with E-state index in [0.717, 1.165) is 11.1 Å². The highest BCUT2D eigenvalue weighted by Crippen LogP contribution is 2.51. The molecule has 6 nitrogen and oxygen atoms in total. The van der Waals surface area contributed by atoms with Gasteiger partial charge in [0.25, 0.3) is 0 Å². The van der Waals surface area contributed by atoms with Crippen LogP contribution >= 0.6 is 7.60 Å². The Balaban J connectivity index is 3.02. The zero-order valence-corrected chi connectivity index (χ0v) is 12.9. The fraction of sp³-hybridized carbons (Fsp3) is 0.538. The van der Waals surface area contributed by atoms with Crippen LogP contribution in [0.15, 0.2) is 29.4 Å².